The lowest BCUT2D eigenvalue weighted by Crippen LogP contribution is -2.28. The second-order valence-electron chi connectivity index (χ2n) is 5.13. The molecule has 0 fully saturated rings. The molecule has 5 nitrogen and oxygen atoms in total. The molecule has 0 atom stereocenters. The molecule has 1 aromatic heterocycles. The van der Waals surface area contributed by atoms with Crippen molar-refractivity contribution >= 4 is 21.4 Å². The Balaban J connectivity index is 2.54. The number of hydrogen-bond donors (Lipinski definition) is 0. The predicted octanol–water partition coefficient (Wildman–Crippen LogP) is 2.79. The van der Waals surface area contributed by atoms with Gasteiger partial charge in [-0.15, -0.1) is 0 Å². The normalized spacial score (nSPS) is 11.5. The van der Waals surface area contributed by atoms with Crippen molar-refractivity contribution in [3.8, 4) is 0 Å². The van der Waals surface area contributed by atoms with Gasteiger partial charge in [0.05, 0.1) is 11.4 Å². The zero-order valence-electron chi connectivity index (χ0n) is 12.9. The SMILES string of the molecule is Cc1cc(S(=O)(=O)N(C)c2ccccc2N(C)C)c(C)o1. The van der Waals surface area contributed by atoms with Gasteiger partial charge in [0.1, 0.15) is 16.4 Å². The molecule has 1 aromatic carbocycles. The molecule has 1 heterocycles. The molecule has 0 aliphatic heterocycles. The Labute approximate surface area is 125 Å². The van der Waals surface area contributed by atoms with Crippen molar-refractivity contribution < 1.29 is 12.8 Å². The minimum atomic E-state index is -3.64. The van der Waals surface area contributed by atoms with Crippen molar-refractivity contribution in [2.75, 3.05) is 30.3 Å². The van der Waals surface area contributed by atoms with Crippen LogP contribution in [0.5, 0.6) is 0 Å². The van der Waals surface area contributed by atoms with E-state index in [9.17, 15) is 8.42 Å². The molecule has 0 radical (unpaired) electrons. The number of furan rings is 1. The van der Waals surface area contributed by atoms with Gasteiger partial charge in [-0.25, -0.2) is 8.42 Å². The highest BCUT2D eigenvalue weighted by Crippen LogP contribution is 2.32. The average molecular weight is 308 g/mol. The first-order valence-corrected chi connectivity index (χ1v) is 8.01. The number of anilines is 2. The van der Waals surface area contributed by atoms with Crippen molar-refractivity contribution in [1.29, 1.82) is 0 Å². The summed E-state index contributed by atoms with van der Waals surface area (Å²) in [5.74, 6) is 0.988. The molecule has 2 rings (SSSR count). The molecule has 0 saturated heterocycles. The highest BCUT2D eigenvalue weighted by molar-refractivity contribution is 7.92. The number of para-hydroxylation sites is 2. The minimum Gasteiger partial charge on any atom is -0.465 e. The Morgan fingerprint density at radius 2 is 1.57 bits per heavy atom. The van der Waals surface area contributed by atoms with Gasteiger partial charge < -0.3 is 9.32 Å². The standard InChI is InChI=1S/C15H20N2O3S/c1-11-10-15(12(2)20-11)21(18,19)17(5)14-9-7-6-8-13(14)16(3)4/h6-10H,1-5H3. The number of aryl methyl sites for hydroxylation is 2. The van der Waals surface area contributed by atoms with Gasteiger partial charge in [0.2, 0.25) is 0 Å². The zero-order valence-corrected chi connectivity index (χ0v) is 13.7. The van der Waals surface area contributed by atoms with Gasteiger partial charge in [-0.2, -0.15) is 0 Å². The fourth-order valence-electron chi connectivity index (χ4n) is 2.25. The Morgan fingerprint density at radius 1 is 1.00 bits per heavy atom. The van der Waals surface area contributed by atoms with Crippen LogP contribution in [0.15, 0.2) is 39.6 Å². The van der Waals surface area contributed by atoms with Crippen LogP contribution < -0.4 is 9.21 Å². The summed E-state index contributed by atoms with van der Waals surface area (Å²) >= 11 is 0. The van der Waals surface area contributed by atoms with Crippen LogP contribution in [0, 0.1) is 13.8 Å². The largest absolute Gasteiger partial charge is 0.465 e. The van der Waals surface area contributed by atoms with E-state index < -0.39 is 10.0 Å². The van der Waals surface area contributed by atoms with Gasteiger partial charge in [-0.05, 0) is 26.0 Å². The van der Waals surface area contributed by atoms with E-state index in [1.54, 1.807) is 33.0 Å². The van der Waals surface area contributed by atoms with Crippen LogP contribution in [-0.4, -0.2) is 29.6 Å². The molecule has 0 unspecified atom stereocenters. The molecule has 0 amide bonds. The number of nitrogens with zero attached hydrogens (tertiary/aromatic N) is 2. The number of sulfonamides is 1. The predicted molar refractivity (Wildman–Crippen MR) is 84.5 cm³/mol. The van der Waals surface area contributed by atoms with E-state index in [2.05, 4.69) is 0 Å². The Morgan fingerprint density at radius 3 is 2.05 bits per heavy atom. The lowest BCUT2D eigenvalue weighted by molar-refractivity contribution is 0.496. The van der Waals surface area contributed by atoms with Gasteiger partial charge in [0.15, 0.2) is 0 Å². The van der Waals surface area contributed by atoms with Crippen molar-refractivity contribution in [2.45, 2.75) is 18.7 Å². The fraction of sp³-hybridized carbons (Fsp3) is 0.333. The monoisotopic (exact) mass is 308 g/mol. The van der Waals surface area contributed by atoms with Gasteiger partial charge in [-0.3, -0.25) is 4.31 Å². The van der Waals surface area contributed by atoms with E-state index in [0.29, 0.717) is 17.2 Å². The third-order valence-electron chi connectivity index (χ3n) is 3.34. The van der Waals surface area contributed by atoms with Crippen molar-refractivity contribution in [3.63, 3.8) is 0 Å². The van der Waals surface area contributed by atoms with Gasteiger partial charge in [0.25, 0.3) is 10.0 Å². The summed E-state index contributed by atoms with van der Waals surface area (Å²) in [4.78, 5) is 2.09. The van der Waals surface area contributed by atoms with Crippen LogP contribution in [0.4, 0.5) is 11.4 Å². The van der Waals surface area contributed by atoms with Crippen LogP contribution in [0.3, 0.4) is 0 Å². The summed E-state index contributed by atoms with van der Waals surface area (Å²) in [5, 5.41) is 0. The summed E-state index contributed by atoms with van der Waals surface area (Å²) in [7, 11) is 1.67. The molecule has 6 heteroatoms. The van der Waals surface area contributed by atoms with E-state index in [1.165, 1.54) is 4.31 Å². The van der Waals surface area contributed by atoms with Gasteiger partial charge in [0, 0.05) is 27.2 Å². The maximum atomic E-state index is 12.8. The average Bonchev–Trinajstić information content (AvgIpc) is 2.77. The van der Waals surface area contributed by atoms with Crippen molar-refractivity contribution in [3.05, 3.63) is 41.9 Å². The molecule has 0 saturated carbocycles. The third kappa shape index (κ3) is 2.76. The molecule has 2 aromatic rings. The quantitative estimate of drug-likeness (QED) is 0.871. The van der Waals surface area contributed by atoms with Crippen LogP contribution >= 0.6 is 0 Å². The molecule has 0 aliphatic carbocycles. The Kier molecular flexibility index (Phi) is 4.00. The van der Waals surface area contributed by atoms with E-state index in [4.69, 9.17) is 4.42 Å². The van der Waals surface area contributed by atoms with E-state index in [0.717, 1.165) is 5.69 Å². The van der Waals surface area contributed by atoms with E-state index in [-0.39, 0.29) is 4.90 Å². The highest BCUT2D eigenvalue weighted by atomic mass is 32.2. The van der Waals surface area contributed by atoms with E-state index in [1.807, 2.05) is 37.2 Å². The van der Waals surface area contributed by atoms with Crippen molar-refractivity contribution in [1.82, 2.24) is 0 Å². The summed E-state index contributed by atoms with van der Waals surface area (Å²) in [5.41, 5.74) is 1.46. The molecule has 21 heavy (non-hydrogen) atoms. The highest BCUT2D eigenvalue weighted by Gasteiger charge is 2.27. The molecule has 0 N–H and O–H groups in total. The molecule has 0 spiro atoms. The lowest BCUT2D eigenvalue weighted by Gasteiger charge is -2.25. The second-order valence-corrected chi connectivity index (χ2v) is 7.07. The number of benzene rings is 1. The second kappa shape index (κ2) is 5.44. The van der Waals surface area contributed by atoms with Crippen molar-refractivity contribution in [2.24, 2.45) is 0 Å². The summed E-state index contributed by atoms with van der Waals surface area (Å²) in [6.07, 6.45) is 0. The Bertz CT molecular complexity index is 748. The first kappa shape index (κ1) is 15.4. The van der Waals surface area contributed by atoms with Crippen LogP contribution in [-0.2, 0) is 10.0 Å². The topological polar surface area (TPSA) is 53.8 Å². The van der Waals surface area contributed by atoms with E-state index >= 15 is 0 Å². The first-order chi connectivity index (χ1) is 9.75. The third-order valence-corrected chi connectivity index (χ3v) is 5.22. The maximum Gasteiger partial charge on any atom is 0.267 e. The molecular formula is C15H20N2O3S. The van der Waals surface area contributed by atoms with Gasteiger partial charge in [-0.1, -0.05) is 12.1 Å². The first-order valence-electron chi connectivity index (χ1n) is 6.57. The molecule has 0 aliphatic rings. The van der Waals surface area contributed by atoms with Gasteiger partial charge >= 0.3 is 0 Å². The van der Waals surface area contributed by atoms with Crippen LogP contribution in [0.2, 0.25) is 0 Å². The summed E-state index contributed by atoms with van der Waals surface area (Å²) in [6.45, 7) is 3.39. The summed E-state index contributed by atoms with van der Waals surface area (Å²) in [6, 6.07) is 8.93. The number of rotatable bonds is 4. The Hall–Kier alpha value is -1.95. The van der Waals surface area contributed by atoms with Crippen LogP contribution in [0.1, 0.15) is 11.5 Å². The zero-order chi connectivity index (χ0) is 15.8. The lowest BCUT2D eigenvalue weighted by atomic mass is 10.2. The maximum absolute atomic E-state index is 12.8. The smallest absolute Gasteiger partial charge is 0.267 e. The minimum absolute atomic E-state index is 0.205. The molecule has 0 bridgehead atoms. The fourth-order valence-corrected chi connectivity index (χ4v) is 3.68. The van der Waals surface area contributed by atoms with Crippen LogP contribution in [0.25, 0.3) is 0 Å². The summed E-state index contributed by atoms with van der Waals surface area (Å²) < 4.78 is 32.2. The molecule has 114 valence electrons. The molecular weight excluding hydrogens is 288 g/mol. The number of hydrogen-bond acceptors (Lipinski definition) is 4.